The molecule has 1 saturated heterocycles. The molecule has 0 radical (unpaired) electrons. The number of fused-ring (bicyclic) bond motifs is 1. The van der Waals surface area contributed by atoms with Crippen molar-refractivity contribution in [3.8, 4) is 11.8 Å². The molecule has 0 saturated carbocycles. The highest BCUT2D eigenvalue weighted by Gasteiger charge is 2.28. The molecule has 1 aliphatic rings. The molecule has 0 unspecified atom stereocenters. The molecule has 1 atom stereocenters. The molecule has 0 spiro atoms. The Morgan fingerprint density at radius 2 is 2.25 bits per heavy atom. The molecule has 1 fully saturated rings. The molecular formula is C20H23N5O3. The number of hydrogen-bond donors (Lipinski definition) is 2. The van der Waals surface area contributed by atoms with Crippen LogP contribution in [-0.4, -0.2) is 54.0 Å². The Morgan fingerprint density at radius 3 is 3.04 bits per heavy atom. The van der Waals surface area contributed by atoms with E-state index in [1.165, 1.54) is 4.90 Å². The van der Waals surface area contributed by atoms with Gasteiger partial charge in [-0.15, -0.1) is 0 Å². The highest BCUT2D eigenvalue weighted by molar-refractivity contribution is 6.07. The Kier molecular flexibility index (Phi) is 6.40. The third kappa shape index (κ3) is 4.38. The molecule has 1 aliphatic heterocycles. The summed E-state index contributed by atoms with van der Waals surface area (Å²) in [6.45, 7) is 1.44. The van der Waals surface area contributed by atoms with Crippen LogP contribution in [0, 0.1) is 11.3 Å². The highest BCUT2D eigenvalue weighted by Crippen LogP contribution is 2.23. The van der Waals surface area contributed by atoms with Gasteiger partial charge in [-0.25, -0.2) is 0 Å². The van der Waals surface area contributed by atoms with Gasteiger partial charge in [0.25, 0.3) is 5.91 Å². The van der Waals surface area contributed by atoms with Gasteiger partial charge in [0.2, 0.25) is 5.91 Å². The quantitative estimate of drug-likeness (QED) is 0.695. The maximum atomic E-state index is 12.7. The number of nitriles is 1. The average molecular weight is 381 g/mol. The van der Waals surface area contributed by atoms with Gasteiger partial charge in [-0.1, -0.05) is 0 Å². The van der Waals surface area contributed by atoms with E-state index in [1.807, 2.05) is 0 Å². The zero-order valence-corrected chi connectivity index (χ0v) is 15.6. The molecule has 2 aromatic rings. The number of hydrogen-bond acceptors (Lipinski definition) is 6. The van der Waals surface area contributed by atoms with Crippen LogP contribution >= 0.6 is 0 Å². The van der Waals surface area contributed by atoms with Crippen LogP contribution in [-0.2, 0) is 4.79 Å². The monoisotopic (exact) mass is 381 g/mol. The predicted molar refractivity (Wildman–Crippen MR) is 104 cm³/mol. The molecule has 1 aromatic heterocycles. The van der Waals surface area contributed by atoms with Crippen molar-refractivity contribution in [1.82, 2.24) is 15.2 Å². The number of pyridine rings is 1. The summed E-state index contributed by atoms with van der Waals surface area (Å²) in [6.07, 6.45) is 3.78. The van der Waals surface area contributed by atoms with Gasteiger partial charge in [0.1, 0.15) is 11.8 Å². The van der Waals surface area contributed by atoms with E-state index >= 15 is 0 Å². The van der Waals surface area contributed by atoms with E-state index in [-0.39, 0.29) is 18.4 Å². The molecule has 3 rings (SSSR count). The first-order valence-corrected chi connectivity index (χ1v) is 9.33. The van der Waals surface area contributed by atoms with E-state index < -0.39 is 6.04 Å². The normalized spacial score (nSPS) is 16.0. The number of rotatable bonds is 7. The number of carbonyl (C=O) groups excluding carboxylic acids is 2. The van der Waals surface area contributed by atoms with Gasteiger partial charge in [0.05, 0.1) is 30.3 Å². The summed E-state index contributed by atoms with van der Waals surface area (Å²) in [7, 11) is 0. The standard InChI is InChI=1S/C20H23N5O3/c21-7-2-10-28-15-4-5-18-17(11-15)16(6-8-23-18)20(27)24-13-19(26)25-9-1-3-14(25)12-22/h4-6,8,11,14H,1-3,7,9-10,13,21H2,(H,24,27)/t14-/m0/s1. The molecule has 3 N–H and O–H groups in total. The summed E-state index contributed by atoms with van der Waals surface area (Å²) in [5, 5.41) is 12.4. The van der Waals surface area contributed by atoms with Crippen molar-refractivity contribution < 1.29 is 14.3 Å². The molecule has 146 valence electrons. The van der Waals surface area contributed by atoms with Crippen LogP contribution in [0.25, 0.3) is 10.9 Å². The van der Waals surface area contributed by atoms with Crippen LogP contribution in [0.1, 0.15) is 29.6 Å². The zero-order valence-electron chi connectivity index (χ0n) is 15.6. The summed E-state index contributed by atoms with van der Waals surface area (Å²) in [4.78, 5) is 30.8. The van der Waals surface area contributed by atoms with Crippen molar-refractivity contribution in [2.75, 3.05) is 26.2 Å². The average Bonchev–Trinajstić information content (AvgIpc) is 3.20. The van der Waals surface area contributed by atoms with E-state index in [2.05, 4.69) is 16.4 Å². The smallest absolute Gasteiger partial charge is 0.252 e. The summed E-state index contributed by atoms with van der Waals surface area (Å²) in [5.41, 5.74) is 6.55. The second-order valence-electron chi connectivity index (χ2n) is 6.59. The van der Waals surface area contributed by atoms with E-state index in [9.17, 15) is 9.59 Å². The Morgan fingerprint density at radius 1 is 1.39 bits per heavy atom. The van der Waals surface area contributed by atoms with Crippen molar-refractivity contribution in [2.24, 2.45) is 5.73 Å². The first-order chi connectivity index (χ1) is 13.6. The predicted octanol–water partition coefficient (Wildman–Crippen LogP) is 1.21. The summed E-state index contributed by atoms with van der Waals surface area (Å²) in [6, 6.07) is 8.69. The fourth-order valence-electron chi connectivity index (χ4n) is 3.24. The number of likely N-dealkylation sites (tertiary alicyclic amines) is 1. The Bertz CT molecular complexity index is 908. The molecule has 2 amide bonds. The molecule has 8 heteroatoms. The SMILES string of the molecule is N#C[C@@H]1CCCN1C(=O)CNC(=O)c1ccnc2ccc(OCCCN)cc12. The van der Waals surface area contributed by atoms with Gasteiger partial charge in [-0.2, -0.15) is 5.26 Å². The van der Waals surface area contributed by atoms with E-state index in [0.29, 0.717) is 48.3 Å². The minimum Gasteiger partial charge on any atom is -0.494 e. The molecule has 0 bridgehead atoms. The summed E-state index contributed by atoms with van der Waals surface area (Å²) >= 11 is 0. The van der Waals surface area contributed by atoms with Crippen molar-refractivity contribution in [2.45, 2.75) is 25.3 Å². The lowest BCUT2D eigenvalue weighted by atomic mass is 10.1. The van der Waals surface area contributed by atoms with Gasteiger partial charge in [-0.05, 0) is 50.1 Å². The van der Waals surface area contributed by atoms with Crippen LogP contribution in [0.3, 0.4) is 0 Å². The summed E-state index contributed by atoms with van der Waals surface area (Å²) in [5.74, 6) is 0.0159. The fraction of sp³-hybridized carbons (Fsp3) is 0.400. The number of ether oxygens (including phenoxy) is 1. The van der Waals surface area contributed by atoms with E-state index in [0.717, 1.165) is 12.8 Å². The number of nitrogens with zero attached hydrogens (tertiary/aromatic N) is 3. The van der Waals surface area contributed by atoms with Crippen LogP contribution in [0.2, 0.25) is 0 Å². The second kappa shape index (κ2) is 9.15. The Hall–Kier alpha value is -3.18. The van der Waals surface area contributed by atoms with Gasteiger partial charge >= 0.3 is 0 Å². The molecular weight excluding hydrogens is 358 g/mol. The van der Waals surface area contributed by atoms with Gasteiger partial charge in [0, 0.05) is 18.1 Å². The Labute approximate surface area is 163 Å². The lowest BCUT2D eigenvalue weighted by Gasteiger charge is -2.19. The van der Waals surface area contributed by atoms with Gasteiger partial charge in [-0.3, -0.25) is 14.6 Å². The van der Waals surface area contributed by atoms with E-state index in [4.69, 9.17) is 15.7 Å². The first kappa shape index (κ1) is 19.6. The highest BCUT2D eigenvalue weighted by atomic mass is 16.5. The number of nitrogens with one attached hydrogen (secondary N) is 1. The summed E-state index contributed by atoms with van der Waals surface area (Å²) < 4.78 is 5.65. The molecule has 0 aliphatic carbocycles. The first-order valence-electron chi connectivity index (χ1n) is 9.33. The number of nitrogens with two attached hydrogens (primary N) is 1. The third-order valence-corrected chi connectivity index (χ3v) is 4.70. The minimum atomic E-state index is -0.403. The third-order valence-electron chi connectivity index (χ3n) is 4.70. The Balaban J connectivity index is 1.71. The maximum absolute atomic E-state index is 12.7. The number of amides is 2. The van der Waals surface area contributed by atoms with Gasteiger partial charge < -0.3 is 20.7 Å². The van der Waals surface area contributed by atoms with Crippen LogP contribution in [0.5, 0.6) is 5.75 Å². The lowest BCUT2D eigenvalue weighted by Crippen LogP contribution is -2.42. The van der Waals surface area contributed by atoms with E-state index in [1.54, 1.807) is 30.5 Å². The molecule has 28 heavy (non-hydrogen) atoms. The van der Waals surface area contributed by atoms with Crippen molar-refractivity contribution in [1.29, 1.82) is 5.26 Å². The van der Waals surface area contributed by atoms with Crippen LogP contribution in [0.4, 0.5) is 0 Å². The van der Waals surface area contributed by atoms with Crippen molar-refractivity contribution in [3.63, 3.8) is 0 Å². The van der Waals surface area contributed by atoms with Crippen molar-refractivity contribution in [3.05, 3.63) is 36.0 Å². The number of benzene rings is 1. The lowest BCUT2D eigenvalue weighted by molar-refractivity contribution is -0.130. The van der Waals surface area contributed by atoms with Crippen LogP contribution < -0.4 is 15.8 Å². The zero-order chi connectivity index (χ0) is 19.9. The van der Waals surface area contributed by atoms with Gasteiger partial charge in [0.15, 0.2) is 0 Å². The van der Waals surface area contributed by atoms with Crippen molar-refractivity contribution >= 4 is 22.7 Å². The topological polar surface area (TPSA) is 121 Å². The maximum Gasteiger partial charge on any atom is 0.252 e. The molecule has 8 nitrogen and oxygen atoms in total. The largest absolute Gasteiger partial charge is 0.494 e. The number of aromatic nitrogens is 1. The minimum absolute atomic E-state index is 0.145. The second-order valence-corrected chi connectivity index (χ2v) is 6.59. The number of carbonyl (C=O) groups is 2. The molecule has 1 aromatic carbocycles. The van der Waals surface area contributed by atoms with Crippen LogP contribution in [0.15, 0.2) is 30.5 Å². The fourth-order valence-corrected chi connectivity index (χ4v) is 3.24. The molecule has 2 heterocycles.